The molecule has 0 aliphatic rings. The molecular formula is C14H23NO2. The van der Waals surface area contributed by atoms with Crippen LogP contribution in [0.15, 0.2) is 24.3 Å². The first-order chi connectivity index (χ1) is 8.36. The predicted molar refractivity (Wildman–Crippen MR) is 70.4 cm³/mol. The summed E-state index contributed by atoms with van der Waals surface area (Å²) in [4.78, 5) is 0. The number of benzene rings is 1. The first-order valence-corrected chi connectivity index (χ1v) is 6.28. The summed E-state index contributed by atoms with van der Waals surface area (Å²) in [5.41, 5.74) is 1.15. The quantitative estimate of drug-likeness (QED) is 0.670. The Bertz CT molecular complexity index is 302. The van der Waals surface area contributed by atoms with E-state index in [-0.39, 0.29) is 0 Å². The molecule has 0 unspecified atom stereocenters. The van der Waals surface area contributed by atoms with Crippen LogP contribution in [0.25, 0.3) is 0 Å². The lowest BCUT2D eigenvalue weighted by Crippen LogP contribution is -2.20. The number of hydrogen-bond donors (Lipinski definition) is 1. The lowest BCUT2D eigenvalue weighted by atomic mass is 10.2. The Kier molecular flexibility index (Phi) is 7.43. The van der Waals surface area contributed by atoms with Gasteiger partial charge in [-0.1, -0.05) is 25.5 Å². The third-order valence-electron chi connectivity index (χ3n) is 2.53. The van der Waals surface area contributed by atoms with Crippen molar-refractivity contribution in [3.63, 3.8) is 0 Å². The Morgan fingerprint density at radius 1 is 1.24 bits per heavy atom. The molecule has 0 radical (unpaired) electrons. The van der Waals surface area contributed by atoms with Gasteiger partial charge in [0.15, 0.2) is 0 Å². The molecule has 0 spiro atoms. The molecule has 0 atom stereocenters. The highest BCUT2D eigenvalue weighted by Gasteiger charge is 1.96. The van der Waals surface area contributed by atoms with Crippen LogP contribution in [0.5, 0.6) is 5.75 Å². The summed E-state index contributed by atoms with van der Waals surface area (Å²) in [5, 5.41) is 3.35. The van der Waals surface area contributed by atoms with Crippen molar-refractivity contribution < 1.29 is 9.47 Å². The summed E-state index contributed by atoms with van der Waals surface area (Å²) in [6.45, 7) is 5.59. The minimum atomic E-state index is 0.645. The van der Waals surface area contributed by atoms with Crippen molar-refractivity contribution in [1.82, 2.24) is 5.32 Å². The molecule has 1 aromatic carbocycles. The molecule has 0 heterocycles. The second-order valence-corrected chi connectivity index (χ2v) is 4.01. The van der Waals surface area contributed by atoms with Crippen LogP contribution in [-0.4, -0.2) is 26.8 Å². The van der Waals surface area contributed by atoms with E-state index < -0.39 is 0 Å². The highest BCUT2D eigenvalue weighted by Crippen LogP contribution is 2.12. The molecule has 0 aliphatic carbocycles. The maximum atomic E-state index is 5.58. The van der Waals surface area contributed by atoms with Crippen LogP contribution in [0.2, 0.25) is 0 Å². The maximum Gasteiger partial charge on any atom is 0.119 e. The normalized spacial score (nSPS) is 10.5. The van der Waals surface area contributed by atoms with E-state index in [4.69, 9.17) is 9.47 Å². The van der Waals surface area contributed by atoms with E-state index in [1.807, 2.05) is 24.3 Å². The molecule has 0 saturated carbocycles. The molecule has 0 aliphatic heterocycles. The lowest BCUT2D eigenvalue weighted by molar-refractivity contribution is 0.122. The molecule has 0 amide bonds. The van der Waals surface area contributed by atoms with Gasteiger partial charge in [0.05, 0.1) is 20.3 Å². The first kappa shape index (κ1) is 14.0. The minimum Gasteiger partial charge on any atom is -0.497 e. The van der Waals surface area contributed by atoms with Gasteiger partial charge >= 0.3 is 0 Å². The Hall–Kier alpha value is -1.06. The van der Waals surface area contributed by atoms with Gasteiger partial charge in [-0.05, 0) is 30.7 Å². The van der Waals surface area contributed by atoms with Gasteiger partial charge in [-0.3, -0.25) is 0 Å². The average molecular weight is 237 g/mol. The largest absolute Gasteiger partial charge is 0.497 e. The fraction of sp³-hybridized carbons (Fsp3) is 0.571. The van der Waals surface area contributed by atoms with Crippen LogP contribution >= 0.6 is 0 Å². The van der Waals surface area contributed by atoms with Crippen molar-refractivity contribution in [2.75, 3.05) is 26.8 Å². The minimum absolute atomic E-state index is 0.645. The lowest BCUT2D eigenvalue weighted by Gasteiger charge is -2.07. The Labute approximate surface area is 104 Å². The second-order valence-electron chi connectivity index (χ2n) is 4.01. The van der Waals surface area contributed by atoms with Crippen LogP contribution in [0.4, 0.5) is 0 Å². The van der Waals surface area contributed by atoms with E-state index in [0.717, 1.165) is 31.0 Å². The van der Waals surface area contributed by atoms with Gasteiger partial charge < -0.3 is 14.8 Å². The van der Waals surface area contributed by atoms with Crippen molar-refractivity contribution in [3.8, 4) is 5.75 Å². The van der Waals surface area contributed by atoms with Gasteiger partial charge in [0.2, 0.25) is 0 Å². The van der Waals surface area contributed by atoms with Gasteiger partial charge in [-0.25, -0.2) is 0 Å². The molecule has 0 bridgehead atoms. The van der Waals surface area contributed by atoms with Gasteiger partial charge in [-0.15, -0.1) is 0 Å². The first-order valence-electron chi connectivity index (χ1n) is 6.28. The summed E-state index contributed by atoms with van der Waals surface area (Å²) in [5.74, 6) is 0.882. The van der Waals surface area contributed by atoms with Crippen molar-refractivity contribution in [2.24, 2.45) is 0 Å². The summed E-state index contributed by atoms with van der Waals surface area (Å²) in [6.07, 6.45) is 2.47. The third-order valence-corrected chi connectivity index (χ3v) is 2.53. The van der Waals surface area contributed by atoms with E-state index in [0.29, 0.717) is 6.61 Å². The molecule has 3 heteroatoms. The Morgan fingerprint density at radius 3 is 2.88 bits per heavy atom. The molecule has 96 valence electrons. The molecule has 0 aromatic heterocycles. The van der Waals surface area contributed by atoms with E-state index in [2.05, 4.69) is 12.2 Å². The zero-order valence-corrected chi connectivity index (χ0v) is 10.9. The number of unbranched alkanes of at least 4 members (excludes halogenated alkanes) is 1. The predicted octanol–water partition coefficient (Wildman–Crippen LogP) is 2.60. The van der Waals surface area contributed by atoms with Gasteiger partial charge in [0.1, 0.15) is 5.75 Å². The second kappa shape index (κ2) is 9.02. The van der Waals surface area contributed by atoms with Crippen molar-refractivity contribution >= 4 is 0 Å². The molecular weight excluding hydrogens is 214 g/mol. The SMILES string of the molecule is CCCCNCCOCc1cccc(OC)c1. The fourth-order valence-corrected chi connectivity index (χ4v) is 1.52. The van der Waals surface area contributed by atoms with Crippen LogP contribution in [0, 0.1) is 0 Å². The molecule has 1 N–H and O–H groups in total. The Balaban J connectivity index is 2.09. The van der Waals surface area contributed by atoms with E-state index in [9.17, 15) is 0 Å². The monoisotopic (exact) mass is 237 g/mol. The standard InChI is InChI=1S/C14H23NO2/c1-3-4-8-15-9-10-17-12-13-6-5-7-14(11-13)16-2/h5-7,11,15H,3-4,8-10,12H2,1-2H3. The number of methoxy groups -OCH3 is 1. The third kappa shape index (κ3) is 6.29. The van der Waals surface area contributed by atoms with Gasteiger partial charge in [0.25, 0.3) is 0 Å². The molecule has 0 saturated heterocycles. The van der Waals surface area contributed by atoms with Gasteiger partial charge in [0, 0.05) is 6.54 Å². The van der Waals surface area contributed by atoms with Crippen LogP contribution in [0.3, 0.4) is 0 Å². The summed E-state index contributed by atoms with van der Waals surface area (Å²) >= 11 is 0. The average Bonchev–Trinajstić information content (AvgIpc) is 2.38. The van der Waals surface area contributed by atoms with Crippen molar-refractivity contribution in [1.29, 1.82) is 0 Å². The van der Waals surface area contributed by atoms with Crippen molar-refractivity contribution in [2.45, 2.75) is 26.4 Å². The highest BCUT2D eigenvalue weighted by molar-refractivity contribution is 5.27. The van der Waals surface area contributed by atoms with E-state index >= 15 is 0 Å². The summed E-state index contributed by atoms with van der Waals surface area (Å²) < 4.78 is 10.7. The van der Waals surface area contributed by atoms with Crippen molar-refractivity contribution in [3.05, 3.63) is 29.8 Å². The van der Waals surface area contributed by atoms with Crippen LogP contribution < -0.4 is 10.1 Å². The number of rotatable bonds is 9. The zero-order valence-electron chi connectivity index (χ0n) is 10.9. The molecule has 17 heavy (non-hydrogen) atoms. The van der Waals surface area contributed by atoms with Crippen LogP contribution in [0.1, 0.15) is 25.3 Å². The highest BCUT2D eigenvalue weighted by atomic mass is 16.5. The summed E-state index contributed by atoms with van der Waals surface area (Å²) in [6, 6.07) is 7.98. The molecule has 1 aromatic rings. The van der Waals surface area contributed by atoms with E-state index in [1.165, 1.54) is 12.8 Å². The number of ether oxygens (including phenoxy) is 2. The number of hydrogen-bond acceptors (Lipinski definition) is 3. The number of nitrogens with one attached hydrogen (secondary N) is 1. The molecule has 0 fully saturated rings. The smallest absolute Gasteiger partial charge is 0.119 e. The zero-order chi connectivity index (χ0) is 12.3. The topological polar surface area (TPSA) is 30.5 Å². The molecule has 1 rings (SSSR count). The summed E-state index contributed by atoms with van der Waals surface area (Å²) in [7, 11) is 1.68. The van der Waals surface area contributed by atoms with E-state index in [1.54, 1.807) is 7.11 Å². The fourth-order valence-electron chi connectivity index (χ4n) is 1.52. The van der Waals surface area contributed by atoms with Gasteiger partial charge in [-0.2, -0.15) is 0 Å². The molecule has 3 nitrogen and oxygen atoms in total. The Morgan fingerprint density at radius 2 is 2.12 bits per heavy atom. The van der Waals surface area contributed by atoms with Crippen LogP contribution in [-0.2, 0) is 11.3 Å². The maximum absolute atomic E-state index is 5.58.